The summed E-state index contributed by atoms with van der Waals surface area (Å²) >= 11 is 0. The predicted molar refractivity (Wildman–Crippen MR) is 514 cm³/mol. The summed E-state index contributed by atoms with van der Waals surface area (Å²) < 4.78 is 211. The smallest absolute Gasteiger partial charge is 0.315 e. The molecule has 0 aliphatic carbocycles. The van der Waals surface area contributed by atoms with E-state index in [0.29, 0.717) is 317 Å². The topological polar surface area (TPSA) is 364 Å². The number of aliphatic hydroxyl groups is 2. The molecule has 2 atom stereocenters. The summed E-state index contributed by atoms with van der Waals surface area (Å²) in [7, 11) is -32.5. The van der Waals surface area contributed by atoms with Crippen molar-refractivity contribution in [2.75, 3.05) is 330 Å². The summed E-state index contributed by atoms with van der Waals surface area (Å²) in [6.45, 7) is 73.3. The molecule has 0 aliphatic heterocycles. The second kappa shape index (κ2) is 76.9. The van der Waals surface area contributed by atoms with Gasteiger partial charge in [-0.1, -0.05) is 0 Å². The number of hydrogen-bond acceptors (Lipinski definition) is 37. The number of rotatable bonds is 100. The molecule has 0 saturated carbocycles. The molecular formula is C78H182O37Si12. The van der Waals surface area contributed by atoms with E-state index in [1.165, 1.54) is 0 Å². The van der Waals surface area contributed by atoms with E-state index in [2.05, 4.69) is 157 Å². The average Bonchev–Trinajstić information content (AvgIpc) is 0.804. The van der Waals surface area contributed by atoms with Crippen molar-refractivity contribution in [2.45, 2.75) is 182 Å². The molecule has 0 aromatic carbocycles. The SMILES string of the molecule is C[Si](C)(C)O[Si](C)(CCCOCCOCCOCCOCCOCCOCCOCCOCCOCCOCCOCCOCCO)O[Si](C)(C)O[Si](C)(C)O[Si](C)(C)O[Si](C)(C)O[Si](C)(C)O[Si](C)(C)O[Si](C)(C)O[Si](C)(C)O[Si](C)(CCCOCCOCCOCCOCCOCCOCCOCCOCCOCCOCCOCCOCCO)O[Si](C)(C)C. The molecule has 0 aliphatic rings. The second-order valence-electron chi connectivity index (χ2n) is 35.2. The van der Waals surface area contributed by atoms with Crippen molar-refractivity contribution in [1.29, 1.82) is 0 Å². The summed E-state index contributed by atoms with van der Waals surface area (Å²) in [5, 5.41) is 17.3. The van der Waals surface area contributed by atoms with Gasteiger partial charge in [0.25, 0.3) is 0 Å². The normalized spacial score (nSPS) is 14.3. The van der Waals surface area contributed by atoms with Gasteiger partial charge in [-0.25, -0.2) is 0 Å². The van der Waals surface area contributed by atoms with Crippen molar-refractivity contribution in [3.8, 4) is 0 Å². The molecule has 0 spiro atoms. The van der Waals surface area contributed by atoms with Crippen LogP contribution in [0.15, 0.2) is 0 Å². The molecule has 37 nitrogen and oxygen atoms in total. The molecule has 2 N–H and O–H groups in total. The highest BCUT2D eigenvalue weighted by molar-refractivity contribution is 6.94. The van der Waals surface area contributed by atoms with Gasteiger partial charge < -0.3 is 169 Å². The Morgan fingerprint density at radius 3 is 0.339 bits per heavy atom. The Bertz CT molecular complexity index is 2310. The van der Waals surface area contributed by atoms with Crippen LogP contribution >= 0.6 is 0 Å². The first kappa shape index (κ1) is 128. The van der Waals surface area contributed by atoms with Gasteiger partial charge in [-0.05, 0) is 182 Å². The maximum atomic E-state index is 8.67. The van der Waals surface area contributed by atoms with Gasteiger partial charge in [-0.2, -0.15) is 0 Å². The zero-order chi connectivity index (χ0) is 94.9. The highest BCUT2D eigenvalue weighted by atomic mass is 28.5. The van der Waals surface area contributed by atoms with E-state index >= 15 is 0 Å². The molecule has 0 aromatic rings. The maximum absolute atomic E-state index is 8.67. The second-order valence-corrected chi connectivity index (χ2v) is 80.5. The molecule has 0 saturated heterocycles. The van der Waals surface area contributed by atoms with Crippen LogP contribution in [0.2, 0.25) is 169 Å². The van der Waals surface area contributed by atoms with Crippen LogP contribution in [-0.2, 0) is 159 Å². The quantitative estimate of drug-likeness (QED) is 0.0422. The number of ether oxygens (including phenoxy) is 24. The summed E-state index contributed by atoms with van der Waals surface area (Å²) in [5.74, 6) is 0. The van der Waals surface area contributed by atoms with Crippen molar-refractivity contribution in [1.82, 2.24) is 0 Å². The Hall–Kier alpha value is 1.12. The largest absolute Gasteiger partial charge is 0.437 e. The number of hydrogen-bond donors (Lipinski definition) is 2. The highest BCUT2D eigenvalue weighted by Crippen LogP contribution is 2.34. The molecule has 0 heterocycles. The van der Waals surface area contributed by atoms with Gasteiger partial charge in [-0.15, -0.1) is 0 Å². The molecule has 0 fully saturated rings. The van der Waals surface area contributed by atoms with Crippen molar-refractivity contribution in [2.24, 2.45) is 0 Å². The Morgan fingerprint density at radius 2 is 0.228 bits per heavy atom. The first-order valence-electron chi connectivity index (χ1n) is 45.7. The lowest BCUT2D eigenvalue weighted by atomic mass is 10.5. The van der Waals surface area contributed by atoms with E-state index in [9.17, 15) is 0 Å². The Labute approximate surface area is 779 Å². The van der Waals surface area contributed by atoms with Gasteiger partial charge in [-0.3, -0.25) is 0 Å². The molecule has 0 rings (SSSR count). The third-order valence-electron chi connectivity index (χ3n) is 15.9. The summed E-state index contributed by atoms with van der Waals surface area (Å²) in [4.78, 5) is 0. The van der Waals surface area contributed by atoms with Gasteiger partial charge in [0.2, 0.25) is 0 Å². The molecule has 0 bridgehead atoms. The minimum atomic E-state index is -2.89. The van der Waals surface area contributed by atoms with E-state index in [0.717, 1.165) is 24.9 Å². The first-order chi connectivity index (χ1) is 59.9. The van der Waals surface area contributed by atoms with Gasteiger partial charge in [0.15, 0.2) is 16.6 Å². The van der Waals surface area contributed by atoms with Gasteiger partial charge >= 0.3 is 85.6 Å². The van der Waals surface area contributed by atoms with E-state index < -0.39 is 102 Å². The summed E-state index contributed by atoms with van der Waals surface area (Å²) in [6, 6.07) is 1.51. The van der Waals surface area contributed by atoms with Gasteiger partial charge in [0.1, 0.15) is 0 Å². The van der Waals surface area contributed by atoms with Crippen LogP contribution in [0.3, 0.4) is 0 Å². The lowest BCUT2D eigenvalue weighted by molar-refractivity contribution is -0.0286. The summed E-state index contributed by atoms with van der Waals surface area (Å²) in [6.07, 6.45) is 1.56. The van der Waals surface area contributed by atoms with Gasteiger partial charge in [0.05, 0.1) is 317 Å². The van der Waals surface area contributed by atoms with Gasteiger partial charge in [0, 0.05) is 13.2 Å². The van der Waals surface area contributed by atoms with Crippen molar-refractivity contribution < 1.29 is 169 Å². The van der Waals surface area contributed by atoms with Crippen LogP contribution in [0.4, 0.5) is 0 Å². The molecule has 764 valence electrons. The lowest BCUT2D eigenvalue weighted by Gasteiger charge is -2.45. The molecule has 2 unspecified atom stereocenters. The first-order valence-corrected chi connectivity index (χ1v) is 80.1. The fraction of sp³-hybridized carbons (Fsp3) is 1.00. The Morgan fingerprint density at radius 1 is 0.126 bits per heavy atom. The highest BCUT2D eigenvalue weighted by Gasteiger charge is 2.52. The zero-order valence-corrected chi connectivity index (χ0v) is 95.4. The monoisotopic (exact) mass is 2050 g/mol. The van der Waals surface area contributed by atoms with Crippen LogP contribution < -0.4 is 0 Å². The standard InChI is InChI=1S/C78H182O37Si12/c1-116(2,3)105-126(23,77-25-29-81-33-37-85-41-45-89-49-53-93-57-61-97-65-69-101-73-75-103-71-67-99-63-59-95-55-51-91-47-43-87-39-35-83-31-27-79)114-124(19,20)112-122(15,16)110-120(11,12)108-118(7,8)107-119(9,10)109-121(13,14)111-123(17,18)113-125(21,22)115-127(24,106-117(4,5)6)78-26-30-82-34-38-86-42-46-90-50-54-94-58-62-98-66-70-102-74-76-104-72-68-100-64-60-96-56-52-92-48-44-88-40-36-84-32-28-80/h79-80H,25-78H2,1-24H3. The Balaban J connectivity index is 4.55. The van der Waals surface area contributed by atoms with Crippen molar-refractivity contribution in [3.63, 3.8) is 0 Å². The van der Waals surface area contributed by atoms with E-state index in [-0.39, 0.29) is 13.2 Å². The Kier molecular flexibility index (Phi) is 77.6. The van der Waals surface area contributed by atoms with Crippen LogP contribution in [-0.4, -0.2) is 443 Å². The fourth-order valence-electron chi connectivity index (χ4n) is 13.1. The minimum Gasteiger partial charge on any atom is -0.437 e. The molecule has 49 heteroatoms. The van der Waals surface area contributed by atoms with Crippen molar-refractivity contribution >= 4 is 102 Å². The third-order valence-corrected chi connectivity index (χ3v) is 61.7. The van der Waals surface area contributed by atoms with E-state index in [1.54, 1.807) is 0 Å². The predicted octanol–water partition coefficient (Wildman–Crippen LogP) is 9.76. The summed E-state index contributed by atoms with van der Waals surface area (Å²) in [5.41, 5.74) is 0. The van der Waals surface area contributed by atoms with E-state index in [1.807, 2.05) is 0 Å². The minimum absolute atomic E-state index is 0.0124. The maximum Gasteiger partial charge on any atom is 0.315 e. The van der Waals surface area contributed by atoms with Crippen LogP contribution in [0.1, 0.15) is 12.8 Å². The zero-order valence-electron chi connectivity index (χ0n) is 83.4. The third kappa shape index (κ3) is 89.5. The molecule has 127 heavy (non-hydrogen) atoms. The molecule has 0 aromatic heterocycles. The molecule has 0 radical (unpaired) electrons. The molecule has 0 amide bonds. The lowest BCUT2D eigenvalue weighted by Crippen LogP contribution is -2.63. The number of aliphatic hydroxyl groups excluding tert-OH is 2. The van der Waals surface area contributed by atoms with Crippen LogP contribution in [0.5, 0.6) is 0 Å². The van der Waals surface area contributed by atoms with Crippen LogP contribution in [0.25, 0.3) is 0 Å². The van der Waals surface area contributed by atoms with Crippen molar-refractivity contribution in [3.05, 3.63) is 0 Å². The van der Waals surface area contributed by atoms with E-state index in [4.69, 9.17) is 169 Å². The average molecular weight is 2050 g/mol. The fourth-order valence-corrected chi connectivity index (χ4v) is 73.5. The molecular weight excluding hydrogens is 1870 g/mol. The van der Waals surface area contributed by atoms with Crippen LogP contribution in [0, 0.1) is 0 Å².